The maximum absolute atomic E-state index is 6.39. The summed E-state index contributed by atoms with van der Waals surface area (Å²) < 4.78 is 0. The minimum atomic E-state index is 0.513. The largest absolute Gasteiger partial charge is 0.347 e. The second kappa shape index (κ2) is 5.62. The Morgan fingerprint density at radius 2 is 1.86 bits per heavy atom. The summed E-state index contributed by atoms with van der Waals surface area (Å²) in [4.78, 5) is 11.7. The van der Waals surface area contributed by atoms with Crippen LogP contribution in [0.3, 0.4) is 0 Å². The molecule has 0 spiro atoms. The standard InChI is InChI=1S/C16H16ClN3S/c1-4-10-5-7-11(8-6-10)12-9-21-15-13(12)14(17)18-16(19-15)20(2)3/h5-9H,4H2,1-3H3. The van der Waals surface area contributed by atoms with Gasteiger partial charge in [-0.3, -0.25) is 0 Å². The van der Waals surface area contributed by atoms with Gasteiger partial charge in [0.25, 0.3) is 0 Å². The van der Waals surface area contributed by atoms with Crippen LogP contribution in [0.15, 0.2) is 29.6 Å². The molecule has 0 N–H and O–H groups in total. The van der Waals surface area contributed by atoms with Gasteiger partial charge in [0.1, 0.15) is 9.98 Å². The summed E-state index contributed by atoms with van der Waals surface area (Å²) in [6.45, 7) is 2.16. The van der Waals surface area contributed by atoms with E-state index in [-0.39, 0.29) is 0 Å². The predicted octanol–water partition coefficient (Wildman–Crippen LogP) is 4.64. The van der Waals surface area contributed by atoms with Crippen LogP contribution in [0.25, 0.3) is 21.3 Å². The predicted molar refractivity (Wildman–Crippen MR) is 91.6 cm³/mol. The number of hydrogen-bond acceptors (Lipinski definition) is 4. The molecule has 2 aromatic heterocycles. The summed E-state index contributed by atoms with van der Waals surface area (Å²) in [6, 6.07) is 8.58. The first-order valence-corrected chi connectivity index (χ1v) is 8.07. The second-order valence-corrected chi connectivity index (χ2v) is 6.30. The Hall–Kier alpha value is -1.65. The summed E-state index contributed by atoms with van der Waals surface area (Å²) >= 11 is 7.99. The van der Waals surface area contributed by atoms with E-state index in [1.165, 1.54) is 5.56 Å². The Bertz CT molecular complexity index is 778. The molecule has 21 heavy (non-hydrogen) atoms. The molecule has 0 saturated carbocycles. The van der Waals surface area contributed by atoms with E-state index in [9.17, 15) is 0 Å². The molecule has 2 heterocycles. The quantitative estimate of drug-likeness (QED) is 0.659. The van der Waals surface area contributed by atoms with Crippen molar-refractivity contribution >= 4 is 39.1 Å². The Kier molecular flexibility index (Phi) is 3.83. The van der Waals surface area contributed by atoms with Crippen LogP contribution in [0.4, 0.5) is 5.95 Å². The third-order valence-corrected chi connectivity index (χ3v) is 4.60. The Morgan fingerprint density at radius 1 is 1.14 bits per heavy atom. The fraction of sp³-hybridized carbons (Fsp3) is 0.250. The summed E-state index contributed by atoms with van der Waals surface area (Å²) in [5, 5.41) is 3.56. The van der Waals surface area contributed by atoms with Crippen LogP contribution in [0, 0.1) is 0 Å². The van der Waals surface area contributed by atoms with Crippen molar-refractivity contribution in [3.05, 3.63) is 40.4 Å². The second-order valence-electron chi connectivity index (χ2n) is 5.09. The molecule has 0 saturated heterocycles. The molecule has 5 heteroatoms. The Morgan fingerprint density at radius 3 is 2.48 bits per heavy atom. The average Bonchev–Trinajstić information content (AvgIpc) is 2.91. The number of anilines is 1. The number of thiophene rings is 1. The van der Waals surface area contributed by atoms with Gasteiger partial charge in [-0.1, -0.05) is 42.8 Å². The van der Waals surface area contributed by atoms with Crippen molar-refractivity contribution in [2.75, 3.05) is 19.0 Å². The number of hydrogen-bond donors (Lipinski definition) is 0. The van der Waals surface area contributed by atoms with Crippen LogP contribution in [0.1, 0.15) is 12.5 Å². The van der Waals surface area contributed by atoms with E-state index in [2.05, 4.69) is 46.5 Å². The van der Waals surface area contributed by atoms with Gasteiger partial charge in [-0.2, -0.15) is 0 Å². The van der Waals surface area contributed by atoms with Gasteiger partial charge in [0.05, 0.1) is 5.39 Å². The third kappa shape index (κ3) is 2.61. The lowest BCUT2D eigenvalue weighted by molar-refractivity contribution is 1.02. The van der Waals surface area contributed by atoms with Crippen LogP contribution >= 0.6 is 22.9 Å². The van der Waals surface area contributed by atoms with Gasteiger partial charge in [-0.25, -0.2) is 9.97 Å². The first-order valence-electron chi connectivity index (χ1n) is 6.81. The van der Waals surface area contributed by atoms with Crippen molar-refractivity contribution in [3.8, 4) is 11.1 Å². The number of benzene rings is 1. The molecule has 0 bridgehead atoms. The molecule has 0 radical (unpaired) electrons. The molecule has 108 valence electrons. The Balaban J connectivity index is 2.15. The van der Waals surface area contributed by atoms with E-state index in [4.69, 9.17) is 11.6 Å². The highest BCUT2D eigenvalue weighted by Crippen LogP contribution is 2.37. The summed E-state index contributed by atoms with van der Waals surface area (Å²) in [5.74, 6) is 0.641. The zero-order chi connectivity index (χ0) is 15.0. The van der Waals surface area contributed by atoms with E-state index >= 15 is 0 Å². The van der Waals surface area contributed by atoms with E-state index in [1.807, 2.05) is 19.0 Å². The lowest BCUT2D eigenvalue weighted by Crippen LogP contribution is -2.12. The molecule has 0 unspecified atom stereocenters. The molecule has 0 aliphatic heterocycles. The molecule has 0 fully saturated rings. The molecule has 0 amide bonds. The van der Waals surface area contributed by atoms with Crippen molar-refractivity contribution in [2.45, 2.75) is 13.3 Å². The lowest BCUT2D eigenvalue weighted by Gasteiger charge is -2.10. The van der Waals surface area contributed by atoms with Gasteiger partial charge in [0.2, 0.25) is 5.95 Å². The normalized spacial score (nSPS) is 11.0. The maximum atomic E-state index is 6.39. The smallest absolute Gasteiger partial charge is 0.227 e. The van der Waals surface area contributed by atoms with Crippen molar-refractivity contribution < 1.29 is 0 Å². The summed E-state index contributed by atoms with van der Waals surface area (Å²) in [6.07, 6.45) is 1.04. The molecule has 3 aromatic rings. The highest BCUT2D eigenvalue weighted by Gasteiger charge is 2.14. The van der Waals surface area contributed by atoms with Gasteiger partial charge >= 0.3 is 0 Å². The van der Waals surface area contributed by atoms with Gasteiger partial charge in [-0.15, -0.1) is 11.3 Å². The van der Waals surface area contributed by atoms with E-state index in [0.29, 0.717) is 11.1 Å². The minimum Gasteiger partial charge on any atom is -0.347 e. The summed E-state index contributed by atoms with van der Waals surface area (Å²) in [5.41, 5.74) is 3.59. The van der Waals surface area contributed by atoms with Crippen LogP contribution in [-0.2, 0) is 6.42 Å². The molecule has 0 aliphatic rings. The number of fused-ring (bicyclic) bond motifs is 1. The first-order chi connectivity index (χ1) is 10.1. The lowest BCUT2D eigenvalue weighted by atomic mass is 10.0. The molecule has 0 aliphatic carbocycles. The SMILES string of the molecule is CCc1ccc(-c2csc3nc(N(C)C)nc(Cl)c23)cc1. The molecule has 3 rings (SSSR count). The van der Waals surface area contributed by atoms with Gasteiger partial charge < -0.3 is 4.90 Å². The molecule has 1 aromatic carbocycles. The molecule has 0 atom stereocenters. The van der Waals surface area contributed by atoms with Crippen molar-refractivity contribution in [2.24, 2.45) is 0 Å². The van der Waals surface area contributed by atoms with Gasteiger partial charge in [0.15, 0.2) is 0 Å². The van der Waals surface area contributed by atoms with Gasteiger partial charge in [0, 0.05) is 25.0 Å². The Labute approximate surface area is 133 Å². The van der Waals surface area contributed by atoms with Crippen molar-refractivity contribution in [1.82, 2.24) is 9.97 Å². The van der Waals surface area contributed by atoms with Crippen molar-refractivity contribution in [3.63, 3.8) is 0 Å². The van der Waals surface area contributed by atoms with Crippen LogP contribution < -0.4 is 4.90 Å². The minimum absolute atomic E-state index is 0.513. The van der Waals surface area contributed by atoms with Crippen molar-refractivity contribution in [1.29, 1.82) is 0 Å². The van der Waals surface area contributed by atoms with E-state index in [0.717, 1.165) is 27.8 Å². The highest BCUT2D eigenvalue weighted by atomic mass is 35.5. The van der Waals surface area contributed by atoms with Gasteiger partial charge in [-0.05, 0) is 17.5 Å². The molecular formula is C16H16ClN3S. The first kappa shape index (κ1) is 14.3. The average molecular weight is 318 g/mol. The fourth-order valence-electron chi connectivity index (χ4n) is 2.22. The zero-order valence-corrected chi connectivity index (χ0v) is 13.8. The number of aromatic nitrogens is 2. The summed E-state index contributed by atoms with van der Waals surface area (Å²) in [7, 11) is 3.82. The zero-order valence-electron chi connectivity index (χ0n) is 12.2. The molecular weight excluding hydrogens is 302 g/mol. The maximum Gasteiger partial charge on any atom is 0.227 e. The van der Waals surface area contributed by atoms with Crippen LogP contribution in [-0.4, -0.2) is 24.1 Å². The monoisotopic (exact) mass is 317 g/mol. The number of rotatable bonds is 3. The highest BCUT2D eigenvalue weighted by molar-refractivity contribution is 7.17. The van der Waals surface area contributed by atoms with Crippen LogP contribution in [0.5, 0.6) is 0 Å². The number of aryl methyl sites for hydroxylation is 1. The third-order valence-electron chi connectivity index (χ3n) is 3.45. The van der Waals surface area contributed by atoms with Crippen LogP contribution in [0.2, 0.25) is 5.15 Å². The van der Waals surface area contributed by atoms with E-state index in [1.54, 1.807) is 11.3 Å². The topological polar surface area (TPSA) is 29.0 Å². The molecule has 3 nitrogen and oxygen atoms in total. The number of halogens is 1. The fourth-order valence-corrected chi connectivity index (χ4v) is 3.49. The number of nitrogens with zero attached hydrogens (tertiary/aromatic N) is 3. The van der Waals surface area contributed by atoms with E-state index < -0.39 is 0 Å².